The fraction of sp³-hybridized carbons (Fsp3) is 0.100. The van der Waals surface area contributed by atoms with Crippen molar-refractivity contribution in [3.8, 4) is 12.3 Å². The van der Waals surface area contributed by atoms with Crippen LogP contribution in [0.3, 0.4) is 0 Å². The van der Waals surface area contributed by atoms with Gasteiger partial charge in [0.15, 0.2) is 0 Å². The summed E-state index contributed by atoms with van der Waals surface area (Å²) in [6.45, 7) is 0. The second kappa shape index (κ2) is 4.54. The van der Waals surface area contributed by atoms with Crippen molar-refractivity contribution in [1.29, 1.82) is 0 Å². The third kappa shape index (κ3) is 2.81. The number of hydrogen-bond acceptors (Lipinski definition) is 1. The average molecular weight is 193 g/mol. The van der Waals surface area contributed by atoms with Crippen molar-refractivity contribution in [2.75, 3.05) is 5.88 Å². The van der Waals surface area contributed by atoms with E-state index in [1.165, 1.54) is 0 Å². The van der Waals surface area contributed by atoms with E-state index >= 15 is 0 Å². The van der Waals surface area contributed by atoms with E-state index < -0.39 is 0 Å². The van der Waals surface area contributed by atoms with E-state index in [0.29, 0.717) is 5.84 Å². The predicted octanol–water partition coefficient (Wildman–Crippen LogP) is 1.90. The van der Waals surface area contributed by atoms with Gasteiger partial charge < -0.3 is 5.73 Å². The molecule has 0 radical (unpaired) electrons. The van der Waals surface area contributed by atoms with Crippen LogP contribution in [0.1, 0.15) is 5.56 Å². The van der Waals surface area contributed by atoms with Crippen LogP contribution >= 0.6 is 11.6 Å². The summed E-state index contributed by atoms with van der Waals surface area (Å²) in [7, 11) is 0. The number of benzene rings is 1. The first-order valence-electron chi connectivity index (χ1n) is 3.72. The quantitative estimate of drug-likeness (QED) is 0.331. The molecule has 0 atom stereocenters. The molecule has 1 aromatic carbocycles. The molecule has 0 saturated carbocycles. The molecule has 0 heterocycles. The Morgan fingerprint density at radius 1 is 1.62 bits per heavy atom. The molecule has 3 heteroatoms. The first kappa shape index (κ1) is 9.63. The summed E-state index contributed by atoms with van der Waals surface area (Å²) in [5.41, 5.74) is 6.97. The number of halogens is 1. The Bertz CT molecular complexity index is 363. The van der Waals surface area contributed by atoms with Gasteiger partial charge in [-0.3, -0.25) is 0 Å². The van der Waals surface area contributed by atoms with Gasteiger partial charge in [0.05, 0.1) is 11.6 Å². The minimum absolute atomic E-state index is 0.223. The minimum atomic E-state index is 0.223. The van der Waals surface area contributed by atoms with Gasteiger partial charge >= 0.3 is 0 Å². The largest absolute Gasteiger partial charge is 0.386 e. The number of nitrogens with two attached hydrogens (primary N) is 1. The molecule has 1 aromatic rings. The Balaban J connectivity index is 2.97. The van der Waals surface area contributed by atoms with E-state index in [-0.39, 0.29) is 5.88 Å². The standard InChI is InChI=1S/C10H9ClN2/c1-2-8-4-3-5-9(6-8)13-10(12)7-11/h1,3-6H,7H2,(H2,12,13). The fourth-order valence-corrected chi connectivity index (χ4v) is 0.921. The molecular weight excluding hydrogens is 184 g/mol. The molecule has 0 bridgehead atoms. The van der Waals surface area contributed by atoms with Crippen molar-refractivity contribution in [1.82, 2.24) is 0 Å². The SMILES string of the molecule is C#Cc1cccc(N=C(N)CCl)c1. The van der Waals surface area contributed by atoms with Gasteiger partial charge in [-0.25, -0.2) is 4.99 Å². The Kier molecular flexibility index (Phi) is 3.36. The average Bonchev–Trinajstić information content (AvgIpc) is 2.18. The molecule has 0 unspecified atom stereocenters. The second-order valence-corrected chi connectivity index (χ2v) is 2.70. The number of alkyl halides is 1. The zero-order valence-corrected chi connectivity index (χ0v) is 7.75. The maximum absolute atomic E-state index is 5.48. The lowest BCUT2D eigenvalue weighted by Crippen LogP contribution is -2.12. The minimum Gasteiger partial charge on any atom is -0.386 e. The maximum atomic E-state index is 5.48. The maximum Gasteiger partial charge on any atom is 0.115 e. The molecule has 66 valence electrons. The molecule has 0 aliphatic heterocycles. The monoisotopic (exact) mass is 192 g/mol. The third-order valence-corrected chi connectivity index (χ3v) is 1.70. The molecule has 0 fully saturated rings. The number of amidine groups is 1. The van der Waals surface area contributed by atoms with Crippen LogP contribution in [0.15, 0.2) is 29.3 Å². The van der Waals surface area contributed by atoms with E-state index in [0.717, 1.165) is 11.3 Å². The number of nitrogens with zero attached hydrogens (tertiary/aromatic N) is 1. The molecule has 2 N–H and O–H groups in total. The van der Waals surface area contributed by atoms with E-state index in [1.54, 1.807) is 6.07 Å². The summed E-state index contributed by atoms with van der Waals surface area (Å²) >= 11 is 5.48. The summed E-state index contributed by atoms with van der Waals surface area (Å²) in [5, 5.41) is 0. The van der Waals surface area contributed by atoms with Crippen LogP contribution in [0.25, 0.3) is 0 Å². The van der Waals surface area contributed by atoms with Crippen molar-refractivity contribution in [3.63, 3.8) is 0 Å². The Morgan fingerprint density at radius 2 is 2.38 bits per heavy atom. The summed E-state index contributed by atoms with van der Waals surface area (Å²) in [5.74, 6) is 3.12. The zero-order valence-electron chi connectivity index (χ0n) is 7.00. The first-order valence-corrected chi connectivity index (χ1v) is 4.25. The molecule has 0 aliphatic carbocycles. The highest BCUT2D eigenvalue weighted by Crippen LogP contribution is 2.13. The van der Waals surface area contributed by atoms with Crippen LogP contribution < -0.4 is 5.73 Å². The highest BCUT2D eigenvalue weighted by atomic mass is 35.5. The van der Waals surface area contributed by atoms with E-state index in [1.807, 2.05) is 18.2 Å². The van der Waals surface area contributed by atoms with Gasteiger partial charge in [-0.1, -0.05) is 12.0 Å². The topological polar surface area (TPSA) is 38.4 Å². The molecule has 0 amide bonds. The van der Waals surface area contributed by atoms with Crippen molar-refractivity contribution in [2.45, 2.75) is 0 Å². The first-order chi connectivity index (χ1) is 6.26. The van der Waals surface area contributed by atoms with Crippen LogP contribution in [-0.4, -0.2) is 11.7 Å². The summed E-state index contributed by atoms with van der Waals surface area (Å²) < 4.78 is 0. The second-order valence-electron chi connectivity index (χ2n) is 2.43. The summed E-state index contributed by atoms with van der Waals surface area (Å²) in [6, 6.07) is 7.26. The Hall–Kier alpha value is -1.46. The third-order valence-electron chi connectivity index (χ3n) is 1.42. The van der Waals surface area contributed by atoms with Gasteiger partial charge in [0.1, 0.15) is 5.84 Å². The molecule has 0 aromatic heterocycles. The summed E-state index contributed by atoms with van der Waals surface area (Å²) in [4.78, 5) is 4.05. The van der Waals surface area contributed by atoms with Gasteiger partial charge in [0.2, 0.25) is 0 Å². The van der Waals surface area contributed by atoms with Gasteiger partial charge in [0, 0.05) is 5.56 Å². The van der Waals surface area contributed by atoms with E-state index in [4.69, 9.17) is 23.8 Å². The lowest BCUT2D eigenvalue weighted by molar-refractivity contribution is 1.44. The molecule has 0 aliphatic rings. The number of hydrogen-bond donors (Lipinski definition) is 1. The molecule has 2 nitrogen and oxygen atoms in total. The van der Waals surface area contributed by atoms with Gasteiger partial charge in [-0.2, -0.15) is 0 Å². The lowest BCUT2D eigenvalue weighted by atomic mass is 10.2. The molecule has 0 spiro atoms. The van der Waals surface area contributed by atoms with Crippen LogP contribution in [0.4, 0.5) is 5.69 Å². The van der Waals surface area contributed by atoms with E-state index in [9.17, 15) is 0 Å². The highest BCUT2D eigenvalue weighted by molar-refractivity contribution is 6.28. The molecule has 0 saturated heterocycles. The van der Waals surface area contributed by atoms with Gasteiger partial charge in [-0.15, -0.1) is 18.0 Å². The van der Waals surface area contributed by atoms with E-state index in [2.05, 4.69) is 10.9 Å². The van der Waals surface area contributed by atoms with Crippen LogP contribution in [0.5, 0.6) is 0 Å². The lowest BCUT2D eigenvalue weighted by Gasteiger charge is -1.96. The van der Waals surface area contributed by atoms with Crippen LogP contribution in [0, 0.1) is 12.3 Å². The van der Waals surface area contributed by atoms with Crippen LogP contribution in [-0.2, 0) is 0 Å². The number of aliphatic imine (C=N–C) groups is 1. The number of rotatable bonds is 2. The zero-order chi connectivity index (χ0) is 9.68. The number of terminal acetylenes is 1. The van der Waals surface area contributed by atoms with Gasteiger partial charge in [0.25, 0.3) is 0 Å². The normalized spacial score (nSPS) is 10.9. The molecule has 1 rings (SSSR count). The Morgan fingerprint density at radius 3 is 3.00 bits per heavy atom. The molecular formula is C10H9ClN2. The van der Waals surface area contributed by atoms with Crippen molar-refractivity contribution in [2.24, 2.45) is 10.7 Å². The smallest absolute Gasteiger partial charge is 0.115 e. The van der Waals surface area contributed by atoms with Gasteiger partial charge in [-0.05, 0) is 18.2 Å². The Labute approximate surface area is 82.4 Å². The molecule has 13 heavy (non-hydrogen) atoms. The fourth-order valence-electron chi connectivity index (χ4n) is 0.861. The van der Waals surface area contributed by atoms with Crippen molar-refractivity contribution in [3.05, 3.63) is 29.8 Å². The van der Waals surface area contributed by atoms with Crippen LogP contribution in [0.2, 0.25) is 0 Å². The summed E-state index contributed by atoms with van der Waals surface area (Å²) in [6.07, 6.45) is 5.23. The predicted molar refractivity (Wildman–Crippen MR) is 56.4 cm³/mol. The van der Waals surface area contributed by atoms with Crippen molar-refractivity contribution >= 4 is 23.1 Å². The highest BCUT2D eigenvalue weighted by Gasteiger charge is 1.92. The van der Waals surface area contributed by atoms with Crippen molar-refractivity contribution < 1.29 is 0 Å².